The summed E-state index contributed by atoms with van der Waals surface area (Å²) < 4.78 is 13.0. The molecule has 4 aromatic rings. The van der Waals surface area contributed by atoms with Gasteiger partial charge in [0.05, 0.1) is 31.6 Å². The van der Waals surface area contributed by atoms with Crippen LogP contribution in [0.2, 0.25) is 0 Å². The highest BCUT2D eigenvalue weighted by molar-refractivity contribution is 5.99. The van der Waals surface area contributed by atoms with E-state index in [1.54, 1.807) is 34.8 Å². The number of carbonyl (C=O) groups is 4. The summed E-state index contributed by atoms with van der Waals surface area (Å²) in [4.78, 5) is 62.6. The molecule has 0 spiro atoms. The minimum atomic E-state index is -1.36. The number of aliphatic hydroxyl groups is 1. The summed E-state index contributed by atoms with van der Waals surface area (Å²) in [5.74, 6) is -0.941. The topological polar surface area (TPSA) is 206 Å². The number of hydrogen-bond acceptors (Lipinski definition) is 10. The van der Waals surface area contributed by atoms with Crippen molar-refractivity contribution in [2.45, 2.75) is 51.4 Å². The van der Waals surface area contributed by atoms with Crippen LogP contribution in [0.15, 0.2) is 60.9 Å². The van der Waals surface area contributed by atoms with E-state index in [0.717, 1.165) is 5.56 Å². The molecule has 16 nitrogen and oxygen atoms in total. The lowest BCUT2D eigenvalue weighted by Crippen LogP contribution is -2.58. The third-order valence-electron chi connectivity index (χ3n) is 8.10. The van der Waals surface area contributed by atoms with Gasteiger partial charge < -0.3 is 40.4 Å². The third kappa shape index (κ3) is 9.22. The molecule has 0 radical (unpaired) electrons. The molecular weight excluding hydrogens is 646 g/mol. The Morgan fingerprint density at radius 2 is 1.88 bits per heavy atom. The fourth-order valence-corrected chi connectivity index (χ4v) is 5.39. The van der Waals surface area contributed by atoms with Crippen molar-refractivity contribution in [3.8, 4) is 11.5 Å². The molecule has 0 saturated heterocycles. The molecule has 0 unspecified atom stereocenters. The zero-order valence-corrected chi connectivity index (χ0v) is 28.1. The number of imidazole rings is 1. The van der Waals surface area contributed by atoms with Crippen molar-refractivity contribution >= 4 is 23.6 Å². The monoisotopic (exact) mass is 687 g/mol. The lowest BCUT2D eigenvalue weighted by Gasteiger charge is -2.26. The Morgan fingerprint density at radius 3 is 2.60 bits per heavy atom. The van der Waals surface area contributed by atoms with Gasteiger partial charge in [-0.25, -0.2) is 9.67 Å². The van der Waals surface area contributed by atoms with Gasteiger partial charge >= 0.3 is 0 Å². The molecule has 2 aromatic carbocycles. The highest BCUT2D eigenvalue weighted by atomic mass is 16.5. The quantitative estimate of drug-likeness (QED) is 0.183. The van der Waals surface area contributed by atoms with Gasteiger partial charge in [-0.2, -0.15) is 0 Å². The number of nitrogens with zero attached hydrogens (tertiary/aromatic N) is 5. The van der Waals surface area contributed by atoms with Crippen molar-refractivity contribution in [3.05, 3.63) is 89.3 Å². The summed E-state index contributed by atoms with van der Waals surface area (Å²) in [6.45, 7) is 4.07. The summed E-state index contributed by atoms with van der Waals surface area (Å²) in [6.07, 6.45) is 2.41. The summed E-state index contributed by atoms with van der Waals surface area (Å²) in [5.41, 5.74) is 1.91. The maximum absolute atomic E-state index is 13.7. The molecule has 0 saturated carbocycles. The van der Waals surface area contributed by atoms with Crippen LogP contribution in [0, 0.1) is 6.92 Å². The van der Waals surface area contributed by atoms with Gasteiger partial charge in [-0.05, 0) is 37.6 Å². The van der Waals surface area contributed by atoms with E-state index in [-0.39, 0.29) is 49.8 Å². The molecule has 2 aliphatic rings. The number of aliphatic hydroxyl groups excluding tert-OH is 1. The number of ether oxygens (including phenoxy) is 2. The largest absolute Gasteiger partial charge is 0.493 e. The van der Waals surface area contributed by atoms with Crippen LogP contribution < -0.4 is 25.4 Å². The third-order valence-corrected chi connectivity index (χ3v) is 8.10. The first-order valence-electron chi connectivity index (χ1n) is 16.2. The number of rotatable bonds is 5. The molecule has 3 atom stereocenters. The number of aromatic nitrogens is 5. The molecule has 264 valence electrons. The van der Waals surface area contributed by atoms with Gasteiger partial charge in [0.25, 0.3) is 11.8 Å². The van der Waals surface area contributed by atoms with E-state index in [4.69, 9.17) is 9.47 Å². The smallest absolute Gasteiger partial charge is 0.271 e. The second-order valence-corrected chi connectivity index (χ2v) is 11.8. The van der Waals surface area contributed by atoms with Gasteiger partial charge in [-0.1, -0.05) is 35.5 Å². The number of hydrogen-bond donors (Lipinski definition) is 5. The molecule has 4 heterocycles. The first kappa shape index (κ1) is 35.5. The van der Waals surface area contributed by atoms with Crippen LogP contribution in [0.25, 0.3) is 0 Å². The van der Waals surface area contributed by atoms with Crippen molar-refractivity contribution in [2.24, 2.45) is 0 Å². The molecule has 2 aromatic heterocycles. The van der Waals surface area contributed by atoms with Gasteiger partial charge in [0.2, 0.25) is 11.8 Å². The predicted molar refractivity (Wildman–Crippen MR) is 179 cm³/mol. The standard InChI is InChI=1S/C34H41N9O7/c1-21(44)30-33(47)35-12-14-42(34(48)27-19-36-22(2)37-27)13-11-25-20-43(41-40-25)15-16-50-28-10-9-24(18-29(28)49-3)31(45)38-26(32(46)39-30)17-23-7-5-4-6-8-23/h4-10,18-21,26,30,44H,11-17H2,1-3H3,(H,35,47)(H,36,37)(H,38,45)(H,39,46)/t21-,26-,30+/m1/s1. The molecule has 0 aliphatic carbocycles. The first-order chi connectivity index (χ1) is 24.1. The van der Waals surface area contributed by atoms with E-state index < -0.39 is 35.9 Å². The molecule has 16 heteroatoms. The van der Waals surface area contributed by atoms with Crippen LogP contribution >= 0.6 is 0 Å². The molecular formula is C34H41N9O7. The number of H-pyrrole nitrogens is 1. The number of amides is 4. The summed E-state index contributed by atoms with van der Waals surface area (Å²) in [7, 11) is 1.45. The van der Waals surface area contributed by atoms with Crippen LogP contribution in [0.3, 0.4) is 0 Å². The van der Waals surface area contributed by atoms with Crippen LogP contribution in [0.5, 0.6) is 11.5 Å². The average molecular weight is 688 g/mol. The number of nitrogens with one attached hydrogen (secondary N) is 4. The Morgan fingerprint density at radius 1 is 1.08 bits per heavy atom. The molecule has 50 heavy (non-hydrogen) atoms. The summed E-state index contributed by atoms with van der Waals surface area (Å²) in [6, 6.07) is 11.3. The number of fused-ring (bicyclic) bond motifs is 16. The predicted octanol–water partition coefficient (Wildman–Crippen LogP) is 0.419. The van der Waals surface area contributed by atoms with Gasteiger partial charge in [0.15, 0.2) is 11.5 Å². The number of aryl methyl sites for hydroxylation is 1. The number of benzene rings is 2. The Hall–Kier alpha value is -5.77. The fourth-order valence-electron chi connectivity index (χ4n) is 5.39. The molecule has 4 amide bonds. The van der Waals surface area contributed by atoms with E-state index in [9.17, 15) is 24.3 Å². The van der Waals surface area contributed by atoms with Crippen molar-refractivity contribution in [1.29, 1.82) is 0 Å². The highest BCUT2D eigenvalue weighted by Gasteiger charge is 2.30. The van der Waals surface area contributed by atoms with E-state index in [0.29, 0.717) is 36.0 Å². The number of aromatic amines is 1. The van der Waals surface area contributed by atoms with Gasteiger partial charge in [-0.3, -0.25) is 19.2 Å². The summed E-state index contributed by atoms with van der Waals surface area (Å²) in [5, 5.41) is 27.1. The summed E-state index contributed by atoms with van der Waals surface area (Å²) >= 11 is 0. The second-order valence-electron chi connectivity index (χ2n) is 11.8. The lowest BCUT2D eigenvalue weighted by atomic mass is 10.0. The van der Waals surface area contributed by atoms with Gasteiger partial charge in [0.1, 0.15) is 30.2 Å². The highest BCUT2D eigenvalue weighted by Crippen LogP contribution is 2.28. The molecule has 5 N–H and O–H groups in total. The first-order valence-corrected chi connectivity index (χ1v) is 16.2. The van der Waals surface area contributed by atoms with Crippen molar-refractivity contribution in [1.82, 2.24) is 45.8 Å². The average Bonchev–Trinajstić information content (AvgIpc) is 3.76. The van der Waals surface area contributed by atoms with Crippen LogP contribution in [0.4, 0.5) is 0 Å². The molecule has 6 rings (SSSR count). The van der Waals surface area contributed by atoms with Crippen molar-refractivity contribution in [3.63, 3.8) is 0 Å². The van der Waals surface area contributed by atoms with E-state index in [2.05, 4.69) is 36.2 Å². The minimum Gasteiger partial charge on any atom is -0.493 e. The normalized spacial score (nSPS) is 18.7. The second kappa shape index (κ2) is 16.6. The van der Waals surface area contributed by atoms with Gasteiger partial charge in [0, 0.05) is 44.2 Å². The zero-order valence-electron chi connectivity index (χ0n) is 28.1. The van der Waals surface area contributed by atoms with E-state index in [1.165, 1.54) is 26.3 Å². The van der Waals surface area contributed by atoms with Crippen LogP contribution in [-0.2, 0) is 29.0 Å². The Balaban J connectivity index is 1.42. The fraction of sp³-hybridized carbons (Fsp3) is 0.382. The Kier molecular flexibility index (Phi) is 11.8. The van der Waals surface area contributed by atoms with Gasteiger partial charge in [-0.15, -0.1) is 5.10 Å². The molecule has 0 fully saturated rings. The van der Waals surface area contributed by atoms with E-state index in [1.807, 2.05) is 30.3 Å². The lowest BCUT2D eigenvalue weighted by molar-refractivity contribution is -0.132. The maximum atomic E-state index is 13.7. The Labute approximate surface area is 288 Å². The molecule has 4 bridgehead atoms. The zero-order chi connectivity index (χ0) is 35.6. The SMILES string of the molecule is COc1cc2ccc1OCCn1cc(nn1)CCN(C(=O)c1cnc(C)[nH]1)CCNC(=O)[C@H]([C@@H](C)O)NC(=O)[C@@H](Cc1ccccc1)NC2=O. The van der Waals surface area contributed by atoms with Crippen molar-refractivity contribution < 1.29 is 33.8 Å². The molecule has 2 aliphatic heterocycles. The number of carbonyl (C=O) groups excluding carboxylic acids is 4. The van der Waals surface area contributed by atoms with E-state index >= 15 is 0 Å². The Bertz CT molecular complexity index is 1790. The van der Waals surface area contributed by atoms with Crippen molar-refractivity contribution in [2.75, 3.05) is 33.4 Å². The van der Waals surface area contributed by atoms with Crippen LogP contribution in [-0.4, -0.2) is 110 Å². The number of methoxy groups -OCH3 is 1. The minimum absolute atomic E-state index is 0.0165. The maximum Gasteiger partial charge on any atom is 0.271 e. The van der Waals surface area contributed by atoms with Crippen LogP contribution in [0.1, 0.15) is 44.9 Å².